The summed E-state index contributed by atoms with van der Waals surface area (Å²) in [5.74, 6) is 0. The van der Waals surface area contributed by atoms with Gasteiger partial charge >= 0.3 is 0 Å². The van der Waals surface area contributed by atoms with Crippen LogP contribution in [0.4, 0.5) is 0 Å². The fourth-order valence-corrected chi connectivity index (χ4v) is 2.08. The van der Waals surface area contributed by atoms with Crippen LogP contribution in [0, 0.1) is 6.92 Å². The zero-order chi connectivity index (χ0) is 9.26. The van der Waals surface area contributed by atoms with E-state index < -0.39 is 0 Å². The van der Waals surface area contributed by atoms with Gasteiger partial charge in [-0.3, -0.25) is 4.79 Å². The van der Waals surface area contributed by atoms with E-state index in [1.807, 2.05) is 23.8 Å². The van der Waals surface area contributed by atoms with Gasteiger partial charge in [0.15, 0.2) is 0 Å². The number of aryl methyl sites for hydroxylation is 1. The van der Waals surface area contributed by atoms with Gasteiger partial charge in [0, 0.05) is 18.3 Å². The van der Waals surface area contributed by atoms with Gasteiger partial charge in [-0.15, -0.1) is 0 Å². The number of hydrogen-bond donors (Lipinski definition) is 0. The molecule has 2 nitrogen and oxygen atoms in total. The largest absolute Gasteiger partial charge is 0.312 e. The molecule has 1 aliphatic rings. The molecule has 0 bridgehead atoms. The first-order valence-corrected chi connectivity index (χ1v) is 4.96. The Morgan fingerprint density at radius 2 is 2.00 bits per heavy atom. The van der Waals surface area contributed by atoms with Crippen LogP contribution in [0.15, 0.2) is 23.1 Å². The van der Waals surface area contributed by atoms with Crippen LogP contribution in [0.1, 0.15) is 37.3 Å². The van der Waals surface area contributed by atoms with E-state index in [4.69, 9.17) is 0 Å². The van der Waals surface area contributed by atoms with Crippen LogP contribution in [-0.4, -0.2) is 4.57 Å². The SMILES string of the molecule is Cc1ccc(=O)n(C2CCCC2)c1. The first-order chi connectivity index (χ1) is 6.27. The van der Waals surface area contributed by atoms with E-state index in [0.717, 1.165) is 0 Å². The molecule has 0 radical (unpaired) electrons. The van der Waals surface area contributed by atoms with E-state index in [1.165, 1.54) is 31.2 Å². The zero-order valence-corrected chi connectivity index (χ0v) is 7.99. The second-order valence-corrected chi connectivity index (χ2v) is 3.89. The Bertz CT molecular complexity index is 347. The van der Waals surface area contributed by atoms with Crippen LogP contribution in [0.25, 0.3) is 0 Å². The molecule has 13 heavy (non-hydrogen) atoms. The van der Waals surface area contributed by atoms with Crippen molar-refractivity contribution in [1.29, 1.82) is 0 Å². The molecule has 2 rings (SSSR count). The minimum absolute atomic E-state index is 0.150. The summed E-state index contributed by atoms with van der Waals surface area (Å²) in [5.41, 5.74) is 1.32. The lowest BCUT2D eigenvalue weighted by Crippen LogP contribution is -2.21. The Morgan fingerprint density at radius 1 is 1.31 bits per heavy atom. The van der Waals surface area contributed by atoms with E-state index in [9.17, 15) is 4.79 Å². The number of nitrogens with zero attached hydrogens (tertiary/aromatic N) is 1. The molecular formula is C11H15NO. The van der Waals surface area contributed by atoms with Crippen molar-refractivity contribution in [2.24, 2.45) is 0 Å². The molecule has 1 aliphatic carbocycles. The molecule has 1 aromatic heterocycles. The van der Waals surface area contributed by atoms with Crippen molar-refractivity contribution in [3.8, 4) is 0 Å². The average molecular weight is 177 g/mol. The van der Waals surface area contributed by atoms with Crippen LogP contribution in [-0.2, 0) is 0 Å². The summed E-state index contributed by atoms with van der Waals surface area (Å²) in [7, 11) is 0. The average Bonchev–Trinajstić information content (AvgIpc) is 2.61. The Morgan fingerprint density at radius 3 is 2.69 bits per heavy atom. The van der Waals surface area contributed by atoms with E-state index in [1.54, 1.807) is 6.07 Å². The van der Waals surface area contributed by atoms with Crippen molar-refractivity contribution in [3.63, 3.8) is 0 Å². The summed E-state index contributed by atoms with van der Waals surface area (Å²) in [6.07, 6.45) is 6.86. The van der Waals surface area contributed by atoms with Crippen molar-refractivity contribution in [1.82, 2.24) is 4.57 Å². The van der Waals surface area contributed by atoms with Gasteiger partial charge in [0.05, 0.1) is 0 Å². The molecule has 0 N–H and O–H groups in total. The highest BCUT2D eigenvalue weighted by molar-refractivity contribution is 5.08. The Hall–Kier alpha value is -1.05. The van der Waals surface area contributed by atoms with Gasteiger partial charge < -0.3 is 4.57 Å². The second kappa shape index (κ2) is 3.36. The van der Waals surface area contributed by atoms with Crippen molar-refractivity contribution in [2.75, 3.05) is 0 Å². The normalized spacial score (nSPS) is 17.9. The molecule has 0 unspecified atom stereocenters. The maximum absolute atomic E-state index is 11.5. The second-order valence-electron chi connectivity index (χ2n) is 3.89. The molecule has 0 saturated heterocycles. The highest BCUT2D eigenvalue weighted by Gasteiger charge is 2.17. The molecule has 1 heterocycles. The van der Waals surface area contributed by atoms with Gasteiger partial charge in [-0.1, -0.05) is 18.9 Å². The number of hydrogen-bond acceptors (Lipinski definition) is 1. The van der Waals surface area contributed by atoms with Gasteiger partial charge in [-0.05, 0) is 25.3 Å². The Labute approximate surface area is 78.2 Å². The molecule has 0 amide bonds. The quantitative estimate of drug-likeness (QED) is 0.645. The van der Waals surface area contributed by atoms with E-state index in [-0.39, 0.29) is 5.56 Å². The standard InChI is InChI=1S/C11H15NO/c1-9-6-7-11(13)12(8-9)10-4-2-3-5-10/h6-8,10H,2-5H2,1H3. The van der Waals surface area contributed by atoms with Crippen LogP contribution in [0.5, 0.6) is 0 Å². The highest BCUT2D eigenvalue weighted by Crippen LogP contribution is 2.27. The molecule has 2 heteroatoms. The molecular weight excluding hydrogens is 162 g/mol. The lowest BCUT2D eigenvalue weighted by Gasteiger charge is -2.13. The number of aromatic nitrogens is 1. The third kappa shape index (κ3) is 1.67. The molecule has 1 aromatic rings. The summed E-state index contributed by atoms with van der Waals surface area (Å²) in [4.78, 5) is 11.5. The minimum Gasteiger partial charge on any atom is -0.312 e. The van der Waals surface area contributed by atoms with Gasteiger partial charge in [-0.25, -0.2) is 0 Å². The van der Waals surface area contributed by atoms with E-state index >= 15 is 0 Å². The third-order valence-corrected chi connectivity index (χ3v) is 2.80. The maximum Gasteiger partial charge on any atom is 0.250 e. The van der Waals surface area contributed by atoms with Crippen molar-refractivity contribution >= 4 is 0 Å². The summed E-state index contributed by atoms with van der Waals surface area (Å²) >= 11 is 0. The maximum atomic E-state index is 11.5. The number of rotatable bonds is 1. The molecule has 70 valence electrons. The van der Waals surface area contributed by atoms with Crippen LogP contribution >= 0.6 is 0 Å². The summed E-state index contributed by atoms with van der Waals surface area (Å²) < 4.78 is 1.91. The fraction of sp³-hybridized carbons (Fsp3) is 0.545. The third-order valence-electron chi connectivity index (χ3n) is 2.80. The molecule has 0 aromatic carbocycles. The number of pyridine rings is 1. The lowest BCUT2D eigenvalue weighted by molar-refractivity contribution is 0.501. The molecule has 1 saturated carbocycles. The lowest BCUT2D eigenvalue weighted by atomic mass is 10.2. The van der Waals surface area contributed by atoms with Gasteiger partial charge in [0.1, 0.15) is 0 Å². The van der Waals surface area contributed by atoms with Crippen molar-refractivity contribution in [2.45, 2.75) is 38.6 Å². The van der Waals surface area contributed by atoms with Crippen molar-refractivity contribution < 1.29 is 0 Å². The highest BCUT2D eigenvalue weighted by atomic mass is 16.1. The topological polar surface area (TPSA) is 22.0 Å². The van der Waals surface area contributed by atoms with Crippen molar-refractivity contribution in [3.05, 3.63) is 34.2 Å². The van der Waals surface area contributed by atoms with Crippen LogP contribution < -0.4 is 5.56 Å². The molecule has 0 atom stereocenters. The Balaban J connectivity index is 2.37. The zero-order valence-electron chi connectivity index (χ0n) is 7.99. The summed E-state index contributed by atoms with van der Waals surface area (Å²) in [6, 6.07) is 4.02. The summed E-state index contributed by atoms with van der Waals surface area (Å²) in [6.45, 7) is 2.03. The van der Waals surface area contributed by atoms with Crippen LogP contribution in [0.3, 0.4) is 0 Å². The van der Waals surface area contributed by atoms with Gasteiger partial charge in [0.25, 0.3) is 5.56 Å². The van der Waals surface area contributed by atoms with E-state index in [2.05, 4.69) is 0 Å². The molecule has 0 aliphatic heterocycles. The van der Waals surface area contributed by atoms with Crippen LogP contribution in [0.2, 0.25) is 0 Å². The molecule has 1 fully saturated rings. The van der Waals surface area contributed by atoms with E-state index in [0.29, 0.717) is 6.04 Å². The summed E-state index contributed by atoms with van der Waals surface area (Å²) in [5, 5.41) is 0. The first-order valence-electron chi connectivity index (χ1n) is 4.96. The molecule has 0 spiro atoms. The minimum atomic E-state index is 0.150. The predicted molar refractivity (Wildman–Crippen MR) is 52.9 cm³/mol. The Kier molecular flexibility index (Phi) is 2.21. The van der Waals surface area contributed by atoms with Gasteiger partial charge in [0.2, 0.25) is 0 Å². The predicted octanol–water partition coefficient (Wildman–Crippen LogP) is 2.27. The fourth-order valence-electron chi connectivity index (χ4n) is 2.08. The monoisotopic (exact) mass is 177 g/mol. The smallest absolute Gasteiger partial charge is 0.250 e. The van der Waals surface area contributed by atoms with Gasteiger partial charge in [-0.2, -0.15) is 0 Å². The first kappa shape index (κ1) is 8.54.